The van der Waals surface area contributed by atoms with Gasteiger partial charge in [-0.15, -0.1) is 0 Å². The van der Waals surface area contributed by atoms with Gasteiger partial charge in [0.2, 0.25) is 5.91 Å². The highest BCUT2D eigenvalue weighted by Gasteiger charge is 2.36. The minimum atomic E-state index is 0.0723. The molecule has 0 aliphatic carbocycles. The number of aryl methyl sites for hydroxylation is 1. The number of hydrogen-bond acceptors (Lipinski definition) is 1. The normalized spacial score (nSPS) is 23.9. The first kappa shape index (κ1) is 8.04. The van der Waals surface area contributed by atoms with Gasteiger partial charge in [-0.1, -0.05) is 18.2 Å². The van der Waals surface area contributed by atoms with E-state index >= 15 is 0 Å². The Balaban J connectivity index is 2.27. The molecule has 0 spiro atoms. The van der Waals surface area contributed by atoms with Crippen molar-refractivity contribution in [3.63, 3.8) is 0 Å². The number of hydrogen-bond donors (Lipinski definition) is 0. The molecule has 0 bridgehead atoms. The van der Waals surface area contributed by atoms with E-state index in [1.165, 1.54) is 16.8 Å². The molecule has 1 aromatic carbocycles. The number of benzene rings is 1. The Labute approximate surface area is 83.5 Å². The molecule has 0 fully saturated rings. The van der Waals surface area contributed by atoms with Crippen LogP contribution in [0.5, 0.6) is 0 Å². The van der Waals surface area contributed by atoms with Crippen LogP contribution < -0.4 is 4.90 Å². The van der Waals surface area contributed by atoms with E-state index in [4.69, 9.17) is 0 Å². The lowest BCUT2D eigenvalue weighted by Crippen LogP contribution is -2.32. The first-order chi connectivity index (χ1) is 6.79. The number of nitrogens with zero attached hydrogens (tertiary/aromatic N) is 1. The van der Waals surface area contributed by atoms with Crippen molar-refractivity contribution in [3.05, 3.63) is 29.3 Å². The molecule has 1 unspecified atom stereocenters. The zero-order valence-corrected chi connectivity index (χ0v) is 8.29. The van der Waals surface area contributed by atoms with Crippen LogP contribution in [0.25, 0.3) is 0 Å². The summed E-state index contributed by atoms with van der Waals surface area (Å²) >= 11 is 0. The largest absolute Gasteiger partial charge is 0.311 e. The first-order valence-electron chi connectivity index (χ1n) is 5.22. The summed E-state index contributed by atoms with van der Waals surface area (Å²) in [5.41, 5.74) is 3.80. The molecule has 0 aromatic heterocycles. The fourth-order valence-electron chi connectivity index (χ4n) is 2.62. The Hall–Kier alpha value is -1.31. The summed E-state index contributed by atoms with van der Waals surface area (Å²) in [6, 6.07) is 6.32. The molecule has 2 aliphatic heterocycles. The summed E-state index contributed by atoms with van der Waals surface area (Å²) in [4.78, 5) is 13.9. The van der Waals surface area contributed by atoms with Gasteiger partial charge in [-0.3, -0.25) is 4.79 Å². The highest BCUT2D eigenvalue weighted by atomic mass is 16.2. The topological polar surface area (TPSA) is 20.3 Å². The van der Waals surface area contributed by atoms with Crippen molar-refractivity contribution in [3.8, 4) is 0 Å². The maximum Gasteiger partial charge on any atom is 0.234 e. The Morgan fingerprint density at radius 2 is 2.29 bits per heavy atom. The molecular formula is C12H13NO. The number of para-hydroxylation sites is 1. The number of carbonyl (C=O) groups is 1. The average Bonchev–Trinajstić information content (AvgIpc) is 2.47. The third-order valence-electron chi connectivity index (χ3n) is 3.35. The summed E-state index contributed by atoms with van der Waals surface area (Å²) in [6.07, 6.45) is 2.23. The second-order valence-electron chi connectivity index (χ2n) is 4.17. The SMILES string of the molecule is CC1C(=O)N2CCCc3cccc1c32. The van der Waals surface area contributed by atoms with Gasteiger partial charge in [0.15, 0.2) is 0 Å². The van der Waals surface area contributed by atoms with Crippen molar-refractivity contribution in [2.45, 2.75) is 25.7 Å². The maximum atomic E-state index is 11.9. The van der Waals surface area contributed by atoms with Crippen LogP contribution in [0, 0.1) is 0 Å². The van der Waals surface area contributed by atoms with Crippen molar-refractivity contribution >= 4 is 11.6 Å². The van der Waals surface area contributed by atoms with Crippen LogP contribution in [-0.4, -0.2) is 12.5 Å². The van der Waals surface area contributed by atoms with Crippen molar-refractivity contribution in [2.24, 2.45) is 0 Å². The zero-order valence-electron chi connectivity index (χ0n) is 8.29. The second kappa shape index (κ2) is 2.59. The molecule has 2 aliphatic rings. The molecule has 72 valence electrons. The smallest absolute Gasteiger partial charge is 0.234 e. The molecular weight excluding hydrogens is 174 g/mol. The summed E-state index contributed by atoms with van der Waals surface area (Å²) in [6.45, 7) is 2.92. The number of amides is 1. The van der Waals surface area contributed by atoms with E-state index in [0.29, 0.717) is 0 Å². The third kappa shape index (κ3) is 0.834. The van der Waals surface area contributed by atoms with Crippen LogP contribution in [0.15, 0.2) is 18.2 Å². The lowest BCUT2D eigenvalue weighted by molar-refractivity contribution is -0.119. The highest BCUT2D eigenvalue weighted by Crippen LogP contribution is 2.42. The minimum Gasteiger partial charge on any atom is -0.311 e. The predicted molar refractivity (Wildman–Crippen MR) is 55.5 cm³/mol. The first-order valence-corrected chi connectivity index (χ1v) is 5.22. The van der Waals surface area contributed by atoms with Crippen molar-refractivity contribution in [1.82, 2.24) is 0 Å². The van der Waals surface area contributed by atoms with E-state index in [-0.39, 0.29) is 11.8 Å². The van der Waals surface area contributed by atoms with E-state index < -0.39 is 0 Å². The van der Waals surface area contributed by atoms with E-state index in [2.05, 4.69) is 18.2 Å². The third-order valence-corrected chi connectivity index (χ3v) is 3.35. The molecule has 2 heterocycles. The minimum absolute atomic E-state index is 0.0723. The summed E-state index contributed by atoms with van der Waals surface area (Å²) < 4.78 is 0. The van der Waals surface area contributed by atoms with Crippen LogP contribution in [0.4, 0.5) is 5.69 Å². The van der Waals surface area contributed by atoms with Crippen molar-refractivity contribution in [2.75, 3.05) is 11.4 Å². The fourth-order valence-corrected chi connectivity index (χ4v) is 2.62. The Morgan fingerprint density at radius 1 is 1.43 bits per heavy atom. The van der Waals surface area contributed by atoms with Gasteiger partial charge in [-0.25, -0.2) is 0 Å². The molecule has 3 rings (SSSR count). The van der Waals surface area contributed by atoms with Gasteiger partial charge in [-0.05, 0) is 30.9 Å². The quantitative estimate of drug-likeness (QED) is 0.609. The predicted octanol–water partition coefficient (Wildman–Crippen LogP) is 2.08. The Kier molecular flexibility index (Phi) is 1.49. The molecule has 0 N–H and O–H groups in total. The molecule has 0 saturated heterocycles. The van der Waals surface area contributed by atoms with E-state index in [1.807, 2.05) is 11.8 Å². The molecule has 1 amide bonds. The molecule has 2 nitrogen and oxygen atoms in total. The van der Waals surface area contributed by atoms with Crippen LogP contribution in [0.2, 0.25) is 0 Å². The van der Waals surface area contributed by atoms with E-state index in [0.717, 1.165) is 19.4 Å². The monoisotopic (exact) mass is 187 g/mol. The van der Waals surface area contributed by atoms with Crippen LogP contribution in [0.3, 0.4) is 0 Å². The van der Waals surface area contributed by atoms with Gasteiger partial charge in [-0.2, -0.15) is 0 Å². The lowest BCUT2D eigenvalue weighted by Gasteiger charge is -2.25. The van der Waals surface area contributed by atoms with Crippen LogP contribution >= 0.6 is 0 Å². The molecule has 1 atom stereocenters. The standard InChI is InChI=1S/C12H13NO/c1-8-10-6-2-4-9-5-3-7-13(11(9)10)12(8)14/h2,4,6,8H,3,5,7H2,1H3. The molecule has 0 radical (unpaired) electrons. The van der Waals surface area contributed by atoms with Crippen molar-refractivity contribution in [1.29, 1.82) is 0 Å². The van der Waals surface area contributed by atoms with Gasteiger partial charge in [0.1, 0.15) is 0 Å². The molecule has 1 aromatic rings. The lowest BCUT2D eigenvalue weighted by atomic mass is 9.97. The number of rotatable bonds is 0. The van der Waals surface area contributed by atoms with Gasteiger partial charge in [0, 0.05) is 6.54 Å². The van der Waals surface area contributed by atoms with Crippen LogP contribution in [0.1, 0.15) is 30.4 Å². The van der Waals surface area contributed by atoms with Crippen LogP contribution in [-0.2, 0) is 11.2 Å². The number of carbonyl (C=O) groups excluding carboxylic acids is 1. The summed E-state index contributed by atoms with van der Waals surface area (Å²) in [5, 5.41) is 0. The van der Waals surface area contributed by atoms with Gasteiger partial charge >= 0.3 is 0 Å². The molecule has 0 saturated carbocycles. The molecule has 14 heavy (non-hydrogen) atoms. The Morgan fingerprint density at radius 3 is 3.14 bits per heavy atom. The van der Waals surface area contributed by atoms with E-state index in [9.17, 15) is 4.79 Å². The van der Waals surface area contributed by atoms with E-state index in [1.54, 1.807) is 0 Å². The highest BCUT2D eigenvalue weighted by molar-refractivity contribution is 6.05. The summed E-state index contributed by atoms with van der Waals surface area (Å²) in [7, 11) is 0. The fraction of sp³-hybridized carbons (Fsp3) is 0.417. The van der Waals surface area contributed by atoms with Crippen molar-refractivity contribution < 1.29 is 4.79 Å². The number of anilines is 1. The van der Waals surface area contributed by atoms with Gasteiger partial charge < -0.3 is 4.90 Å². The maximum absolute atomic E-state index is 11.9. The zero-order chi connectivity index (χ0) is 9.71. The van der Waals surface area contributed by atoms with Gasteiger partial charge in [0.05, 0.1) is 11.6 Å². The van der Waals surface area contributed by atoms with Gasteiger partial charge in [0.25, 0.3) is 0 Å². The average molecular weight is 187 g/mol. The molecule has 2 heteroatoms. The Bertz CT molecular complexity index is 411. The second-order valence-corrected chi connectivity index (χ2v) is 4.17. The summed E-state index contributed by atoms with van der Waals surface area (Å²) in [5.74, 6) is 0.357.